The molecule has 0 aromatic rings. The average molecular weight is 383 g/mol. The molecular formula is C21H42N4O2. The normalized spacial score (nSPS) is 22.5. The lowest BCUT2D eigenvalue weighted by atomic mass is 9.93. The maximum atomic E-state index is 5.84. The highest BCUT2D eigenvalue weighted by molar-refractivity contribution is 5.79. The van der Waals surface area contributed by atoms with E-state index >= 15 is 0 Å². The Balaban J connectivity index is 1.78. The molecule has 0 aliphatic carbocycles. The van der Waals surface area contributed by atoms with Gasteiger partial charge in [-0.1, -0.05) is 26.7 Å². The first-order valence-electron chi connectivity index (χ1n) is 11.2. The standard InChI is InChI=1S/C21H42N4O2/c1-4-18(5-2)20(25-12-7-8-13-25)16-24-21(22-6-3)23-11-9-14-27-19-10-15-26-17-19/h18-20H,4-17H2,1-3H3,(H2,22,23,24). The molecule has 2 heterocycles. The van der Waals surface area contributed by atoms with Gasteiger partial charge in [0.25, 0.3) is 0 Å². The first-order chi connectivity index (χ1) is 13.3. The molecule has 2 rings (SSSR count). The molecule has 0 bridgehead atoms. The van der Waals surface area contributed by atoms with Crippen molar-refractivity contribution >= 4 is 5.96 Å². The van der Waals surface area contributed by atoms with Crippen LogP contribution in [0, 0.1) is 5.92 Å². The van der Waals surface area contributed by atoms with Gasteiger partial charge < -0.3 is 20.1 Å². The lowest BCUT2D eigenvalue weighted by Gasteiger charge is -2.32. The maximum absolute atomic E-state index is 5.84. The number of guanidine groups is 1. The van der Waals surface area contributed by atoms with E-state index in [2.05, 4.69) is 36.3 Å². The fraction of sp³-hybridized carbons (Fsp3) is 0.952. The van der Waals surface area contributed by atoms with Crippen molar-refractivity contribution in [1.82, 2.24) is 15.5 Å². The van der Waals surface area contributed by atoms with E-state index in [-0.39, 0.29) is 0 Å². The second kappa shape index (κ2) is 13.3. The van der Waals surface area contributed by atoms with Gasteiger partial charge in [-0.2, -0.15) is 0 Å². The minimum absolute atomic E-state index is 0.299. The van der Waals surface area contributed by atoms with Crippen molar-refractivity contribution in [3.8, 4) is 0 Å². The summed E-state index contributed by atoms with van der Waals surface area (Å²) in [4.78, 5) is 7.61. The Hall–Kier alpha value is -0.850. The van der Waals surface area contributed by atoms with Crippen LogP contribution in [0.2, 0.25) is 0 Å². The van der Waals surface area contributed by atoms with Crippen LogP contribution in [-0.4, -0.2) is 75.5 Å². The summed E-state index contributed by atoms with van der Waals surface area (Å²) in [7, 11) is 0. The SMILES string of the molecule is CCNC(=NCC(C(CC)CC)N1CCCC1)NCCCOC1CCOC1. The fourth-order valence-corrected chi connectivity index (χ4v) is 4.17. The molecule has 2 N–H and O–H groups in total. The number of hydrogen-bond donors (Lipinski definition) is 2. The summed E-state index contributed by atoms with van der Waals surface area (Å²) in [6.07, 6.45) is 7.47. The first kappa shape index (κ1) is 22.4. The van der Waals surface area contributed by atoms with Gasteiger partial charge in [-0.15, -0.1) is 0 Å². The highest BCUT2D eigenvalue weighted by Gasteiger charge is 2.27. The van der Waals surface area contributed by atoms with Gasteiger partial charge in [-0.05, 0) is 51.6 Å². The third kappa shape index (κ3) is 7.96. The number of ether oxygens (including phenoxy) is 2. The van der Waals surface area contributed by atoms with Gasteiger partial charge in [0.15, 0.2) is 5.96 Å². The average Bonchev–Trinajstić information content (AvgIpc) is 3.38. The number of nitrogens with one attached hydrogen (secondary N) is 2. The molecule has 2 atom stereocenters. The van der Waals surface area contributed by atoms with Gasteiger partial charge in [-0.25, -0.2) is 0 Å². The Morgan fingerprint density at radius 2 is 1.96 bits per heavy atom. The minimum atomic E-state index is 0.299. The molecule has 6 nitrogen and oxygen atoms in total. The molecule has 158 valence electrons. The van der Waals surface area contributed by atoms with Crippen molar-refractivity contribution in [1.29, 1.82) is 0 Å². The molecule has 2 unspecified atom stereocenters. The van der Waals surface area contributed by atoms with Crippen LogP contribution in [0.4, 0.5) is 0 Å². The summed E-state index contributed by atoms with van der Waals surface area (Å²) >= 11 is 0. The van der Waals surface area contributed by atoms with E-state index in [0.717, 1.165) is 64.2 Å². The predicted octanol–water partition coefficient (Wildman–Crippen LogP) is 2.64. The third-order valence-corrected chi connectivity index (χ3v) is 5.84. The van der Waals surface area contributed by atoms with E-state index < -0.39 is 0 Å². The summed E-state index contributed by atoms with van der Waals surface area (Å²) < 4.78 is 11.2. The fourth-order valence-electron chi connectivity index (χ4n) is 4.17. The highest BCUT2D eigenvalue weighted by Crippen LogP contribution is 2.23. The van der Waals surface area contributed by atoms with Crippen LogP contribution in [0.1, 0.15) is 59.3 Å². The predicted molar refractivity (Wildman–Crippen MR) is 112 cm³/mol. The molecule has 2 aliphatic rings. The molecule has 0 spiro atoms. The van der Waals surface area contributed by atoms with Crippen molar-refractivity contribution < 1.29 is 9.47 Å². The number of likely N-dealkylation sites (tertiary alicyclic amines) is 1. The Bertz CT molecular complexity index is 401. The minimum Gasteiger partial charge on any atom is -0.379 e. The zero-order valence-corrected chi connectivity index (χ0v) is 17.8. The molecule has 2 aliphatic heterocycles. The van der Waals surface area contributed by atoms with E-state index in [1.54, 1.807) is 0 Å². The summed E-state index contributed by atoms with van der Waals surface area (Å²) in [5.41, 5.74) is 0. The van der Waals surface area contributed by atoms with Crippen molar-refractivity contribution in [2.75, 3.05) is 52.5 Å². The first-order valence-corrected chi connectivity index (χ1v) is 11.2. The zero-order chi connectivity index (χ0) is 19.3. The third-order valence-electron chi connectivity index (χ3n) is 5.84. The molecule has 2 fully saturated rings. The molecular weight excluding hydrogens is 340 g/mol. The lowest BCUT2D eigenvalue weighted by molar-refractivity contribution is 0.0420. The van der Waals surface area contributed by atoms with E-state index in [1.165, 1.54) is 38.8 Å². The maximum Gasteiger partial charge on any atom is 0.191 e. The number of nitrogens with zero attached hydrogens (tertiary/aromatic N) is 2. The van der Waals surface area contributed by atoms with Crippen LogP contribution in [0.15, 0.2) is 4.99 Å². The van der Waals surface area contributed by atoms with Crippen LogP contribution in [-0.2, 0) is 9.47 Å². The Morgan fingerprint density at radius 3 is 2.59 bits per heavy atom. The lowest BCUT2D eigenvalue weighted by Crippen LogP contribution is -2.43. The second-order valence-corrected chi connectivity index (χ2v) is 7.74. The molecule has 0 radical (unpaired) electrons. The Morgan fingerprint density at radius 1 is 1.19 bits per heavy atom. The Kier molecular flexibility index (Phi) is 11.1. The largest absolute Gasteiger partial charge is 0.379 e. The van der Waals surface area contributed by atoms with Crippen molar-refractivity contribution in [3.05, 3.63) is 0 Å². The summed E-state index contributed by atoms with van der Waals surface area (Å²) in [5, 5.41) is 6.87. The smallest absolute Gasteiger partial charge is 0.191 e. The van der Waals surface area contributed by atoms with E-state index in [9.17, 15) is 0 Å². The number of rotatable bonds is 12. The van der Waals surface area contributed by atoms with Crippen molar-refractivity contribution in [2.45, 2.75) is 71.4 Å². The van der Waals surface area contributed by atoms with Crippen LogP contribution in [0.5, 0.6) is 0 Å². The van der Waals surface area contributed by atoms with Crippen LogP contribution in [0.3, 0.4) is 0 Å². The van der Waals surface area contributed by atoms with Crippen LogP contribution in [0.25, 0.3) is 0 Å². The highest BCUT2D eigenvalue weighted by atomic mass is 16.5. The molecule has 0 aromatic carbocycles. The van der Waals surface area contributed by atoms with Gasteiger partial charge in [0, 0.05) is 32.3 Å². The van der Waals surface area contributed by atoms with Crippen LogP contribution < -0.4 is 10.6 Å². The zero-order valence-electron chi connectivity index (χ0n) is 17.8. The summed E-state index contributed by atoms with van der Waals surface area (Å²) in [5.74, 6) is 1.67. The van der Waals surface area contributed by atoms with Gasteiger partial charge in [-0.3, -0.25) is 9.89 Å². The molecule has 0 saturated carbocycles. The summed E-state index contributed by atoms with van der Waals surface area (Å²) in [6.45, 7) is 14.3. The number of hydrogen-bond acceptors (Lipinski definition) is 4. The van der Waals surface area contributed by atoms with E-state index in [1.807, 2.05) is 0 Å². The molecule has 0 amide bonds. The van der Waals surface area contributed by atoms with E-state index in [4.69, 9.17) is 14.5 Å². The molecule has 6 heteroatoms. The topological polar surface area (TPSA) is 58.1 Å². The summed E-state index contributed by atoms with van der Waals surface area (Å²) in [6, 6.07) is 0.573. The Labute approximate surface area is 166 Å². The number of aliphatic imine (C=N–C) groups is 1. The van der Waals surface area contributed by atoms with Gasteiger partial charge in [0.05, 0.1) is 19.3 Å². The monoisotopic (exact) mass is 382 g/mol. The van der Waals surface area contributed by atoms with Crippen molar-refractivity contribution in [3.63, 3.8) is 0 Å². The van der Waals surface area contributed by atoms with Crippen LogP contribution >= 0.6 is 0 Å². The molecule has 0 aromatic heterocycles. The van der Waals surface area contributed by atoms with Gasteiger partial charge >= 0.3 is 0 Å². The van der Waals surface area contributed by atoms with Crippen molar-refractivity contribution in [2.24, 2.45) is 10.9 Å². The second-order valence-electron chi connectivity index (χ2n) is 7.74. The van der Waals surface area contributed by atoms with E-state index in [0.29, 0.717) is 12.1 Å². The van der Waals surface area contributed by atoms with Gasteiger partial charge in [0.2, 0.25) is 0 Å². The molecule has 2 saturated heterocycles. The molecule has 27 heavy (non-hydrogen) atoms. The quantitative estimate of drug-likeness (QED) is 0.309. The van der Waals surface area contributed by atoms with Gasteiger partial charge in [0.1, 0.15) is 0 Å².